The van der Waals surface area contributed by atoms with Gasteiger partial charge in [0.25, 0.3) is 0 Å². The van der Waals surface area contributed by atoms with Crippen LogP contribution in [0.5, 0.6) is 0 Å². The lowest BCUT2D eigenvalue weighted by Gasteiger charge is -2.10. The smallest absolute Gasteiger partial charge is 0.375 e. The maximum absolute atomic E-state index is 12.5. The Bertz CT molecular complexity index is 381. The summed E-state index contributed by atoms with van der Waals surface area (Å²) in [6, 6.07) is 5.32. The molecule has 0 aliphatic carbocycles. The van der Waals surface area contributed by atoms with Crippen molar-refractivity contribution in [3.05, 3.63) is 35.4 Å². The standard InChI is InChI=1S/C12H16F3O3Si/c1-16-19(17-2)18-8-4-6-10-5-3-7-11(9-10)12(13,14)15/h3,5,7,9H,4,6,8H2,1-2H3. The Labute approximate surface area is 112 Å². The average Bonchev–Trinajstić information content (AvgIpc) is 2.38. The fourth-order valence-corrected chi connectivity index (χ4v) is 2.25. The summed E-state index contributed by atoms with van der Waals surface area (Å²) < 4.78 is 52.6. The Kier molecular flexibility index (Phi) is 6.50. The third kappa shape index (κ3) is 5.73. The molecule has 1 radical (unpaired) electrons. The van der Waals surface area contributed by atoms with E-state index < -0.39 is 21.3 Å². The molecule has 19 heavy (non-hydrogen) atoms. The van der Waals surface area contributed by atoms with Gasteiger partial charge in [0, 0.05) is 20.8 Å². The minimum Gasteiger partial charge on any atom is -0.375 e. The van der Waals surface area contributed by atoms with Crippen LogP contribution >= 0.6 is 0 Å². The summed E-state index contributed by atoms with van der Waals surface area (Å²) in [4.78, 5) is 0. The second-order valence-electron chi connectivity index (χ2n) is 3.81. The lowest BCUT2D eigenvalue weighted by Crippen LogP contribution is -2.24. The molecule has 0 heterocycles. The quantitative estimate of drug-likeness (QED) is 0.571. The molecule has 0 bridgehead atoms. The van der Waals surface area contributed by atoms with Crippen molar-refractivity contribution in [1.82, 2.24) is 0 Å². The summed E-state index contributed by atoms with van der Waals surface area (Å²) in [6.45, 7) is 0.395. The number of rotatable bonds is 7. The number of aryl methyl sites for hydroxylation is 1. The lowest BCUT2D eigenvalue weighted by molar-refractivity contribution is -0.137. The molecular weight excluding hydrogens is 277 g/mol. The van der Waals surface area contributed by atoms with E-state index in [0.717, 1.165) is 6.07 Å². The molecular formula is C12H16F3O3Si. The van der Waals surface area contributed by atoms with Gasteiger partial charge in [0.2, 0.25) is 0 Å². The van der Waals surface area contributed by atoms with Crippen LogP contribution in [0.1, 0.15) is 17.5 Å². The maximum atomic E-state index is 12.5. The van der Waals surface area contributed by atoms with Gasteiger partial charge in [-0.1, -0.05) is 18.2 Å². The topological polar surface area (TPSA) is 27.7 Å². The maximum Gasteiger partial charge on any atom is 0.577 e. The summed E-state index contributed by atoms with van der Waals surface area (Å²) in [6.07, 6.45) is -3.16. The highest BCUT2D eigenvalue weighted by atomic mass is 28.3. The van der Waals surface area contributed by atoms with Gasteiger partial charge in [-0.3, -0.25) is 0 Å². The van der Waals surface area contributed by atoms with Crippen molar-refractivity contribution in [3.63, 3.8) is 0 Å². The Hall–Kier alpha value is -0.893. The summed E-state index contributed by atoms with van der Waals surface area (Å²) >= 11 is 0. The highest BCUT2D eigenvalue weighted by Gasteiger charge is 2.30. The van der Waals surface area contributed by atoms with E-state index in [2.05, 4.69) is 0 Å². The van der Waals surface area contributed by atoms with Crippen molar-refractivity contribution in [2.24, 2.45) is 0 Å². The van der Waals surface area contributed by atoms with E-state index >= 15 is 0 Å². The summed E-state index contributed by atoms with van der Waals surface area (Å²) in [5.41, 5.74) is 0.0199. The zero-order valence-corrected chi connectivity index (χ0v) is 11.8. The fraction of sp³-hybridized carbons (Fsp3) is 0.500. The minimum atomic E-state index is -4.30. The number of alkyl halides is 3. The largest absolute Gasteiger partial charge is 0.577 e. The van der Waals surface area contributed by atoms with Crippen LogP contribution in [-0.4, -0.2) is 30.4 Å². The van der Waals surface area contributed by atoms with E-state index in [1.54, 1.807) is 6.07 Å². The third-order valence-corrected chi connectivity index (χ3v) is 3.52. The first-order chi connectivity index (χ1) is 8.97. The molecule has 7 heteroatoms. The molecule has 0 aliphatic heterocycles. The molecule has 1 aromatic rings. The predicted molar refractivity (Wildman–Crippen MR) is 65.5 cm³/mol. The molecule has 3 nitrogen and oxygen atoms in total. The number of hydrogen-bond donors (Lipinski definition) is 0. The Morgan fingerprint density at radius 3 is 2.42 bits per heavy atom. The zero-order chi connectivity index (χ0) is 14.3. The normalized spacial score (nSPS) is 12.1. The van der Waals surface area contributed by atoms with Crippen molar-refractivity contribution >= 4 is 9.53 Å². The molecule has 0 N–H and O–H groups in total. The second kappa shape index (κ2) is 7.64. The van der Waals surface area contributed by atoms with Gasteiger partial charge in [0.1, 0.15) is 0 Å². The van der Waals surface area contributed by atoms with Crippen LogP contribution in [0.25, 0.3) is 0 Å². The first-order valence-electron chi connectivity index (χ1n) is 5.71. The first-order valence-corrected chi connectivity index (χ1v) is 6.93. The number of halogens is 3. The van der Waals surface area contributed by atoms with Gasteiger partial charge < -0.3 is 13.3 Å². The van der Waals surface area contributed by atoms with E-state index in [0.29, 0.717) is 25.0 Å². The highest BCUT2D eigenvalue weighted by molar-refractivity contribution is 6.36. The van der Waals surface area contributed by atoms with Crippen LogP contribution < -0.4 is 0 Å². The van der Waals surface area contributed by atoms with E-state index in [1.165, 1.54) is 26.4 Å². The molecule has 1 aromatic carbocycles. The predicted octanol–water partition coefficient (Wildman–Crippen LogP) is 2.93. The van der Waals surface area contributed by atoms with Gasteiger partial charge in [-0.2, -0.15) is 13.2 Å². The molecule has 0 saturated heterocycles. The molecule has 0 aromatic heterocycles. The van der Waals surface area contributed by atoms with Crippen LogP contribution in [0.4, 0.5) is 13.2 Å². The molecule has 107 valence electrons. The van der Waals surface area contributed by atoms with Crippen molar-refractivity contribution in [1.29, 1.82) is 0 Å². The van der Waals surface area contributed by atoms with Gasteiger partial charge in [0.05, 0.1) is 5.56 Å². The summed E-state index contributed by atoms with van der Waals surface area (Å²) in [5.74, 6) is 0. The number of hydrogen-bond acceptors (Lipinski definition) is 3. The molecule has 0 spiro atoms. The second-order valence-corrected chi connectivity index (χ2v) is 5.41. The van der Waals surface area contributed by atoms with Crippen molar-refractivity contribution in [3.8, 4) is 0 Å². The lowest BCUT2D eigenvalue weighted by atomic mass is 10.1. The van der Waals surface area contributed by atoms with E-state index in [1.807, 2.05) is 0 Å². The van der Waals surface area contributed by atoms with Gasteiger partial charge in [-0.05, 0) is 24.5 Å². The monoisotopic (exact) mass is 293 g/mol. The van der Waals surface area contributed by atoms with E-state index in [4.69, 9.17) is 13.3 Å². The van der Waals surface area contributed by atoms with E-state index in [-0.39, 0.29) is 0 Å². The van der Waals surface area contributed by atoms with Crippen LogP contribution in [0.2, 0.25) is 0 Å². The van der Waals surface area contributed by atoms with Crippen LogP contribution in [0.15, 0.2) is 24.3 Å². The number of benzene rings is 1. The van der Waals surface area contributed by atoms with Gasteiger partial charge in [-0.25, -0.2) is 0 Å². The van der Waals surface area contributed by atoms with Crippen LogP contribution in [0, 0.1) is 0 Å². The van der Waals surface area contributed by atoms with Crippen LogP contribution in [0.3, 0.4) is 0 Å². The molecule has 0 atom stereocenters. The molecule has 0 unspecified atom stereocenters. The minimum absolute atomic E-state index is 0.395. The van der Waals surface area contributed by atoms with Crippen molar-refractivity contribution < 1.29 is 26.4 Å². The third-order valence-electron chi connectivity index (χ3n) is 2.42. The molecule has 0 fully saturated rings. The van der Waals surface area contributed by atoms with Gasteiger partial charge in [0.15, 0.2) is 0 Å². The zero-order valence-electron chi connectivity index (χ0n) is 10.8. The SMILES string of the molecule is CO[Si](OC)OCCCc1cccc(C(F)(F)F)c1. The summed E-state index contributed by atoms with van der Waals surface area (Å²) in [5, 5.41) is 0. The Balaban J connectivity index is 2.42. The first kappa shape index (κ1) is 16.2. The molecule has 0 saturated carbocycles. The molecule has 0 amide bonds. The fourth-order valence-electron chi connectivity index (χ4n) is 1.54. The van der Waals surface area contributed by atoms with Crippen LogP contribution in [-0.2, 0) is 25.9 Å². The average molecular weight is 293 g/mol. The molecule has 0 aliphatic rings. The Morgan fingerprint density at radius 2 is 1.84 bits per heavy atom. The van der Waals surface area contributed by atoms with Crippen molar-refractivity contribution in [2.45, 2.75) is 19.0 Å². The van der Waals surface area contributed by atoms with E-state index in [9.17, 15) is 13.2 Å². The van der Waals surface area contributed by atoms with Crippen molar-refractivity contribution in [2.75, 3.05) is 20.8 Å². The Morgan fingerprint density at radius 1 is 1.16 bits per heavy atom. The van der Waals surface area contributed by atoms with Gasteiger partial charge in [-0.15, -0.1) is 0 Å². The summed E-state index contributed by atoms with van der Waals surface area (Å²) in [7, 11) is 1.29. The highest BCUT2D eigenvalue weighted by Crippen LogP contribution is 2.29. The van der Waals surface area contributed by atoms with Gasteiger partial charge >= 0.3 is 15.7 Å². The molecule has 1 rings (SSSR count).